The van der Waals surface area contributed by atoms with E-state index in [4.69, 9.17) is 4.84 Å². The van der Waals surface area contributed by atoms with Gasteiger partial charge >= 0.3 is 0 Å². The highest BCUT2D eigenvalue weighted by Gasteiger charge is 2.09. The highest BCUT2D eigenvalue weighted by molar-refractivity contribution is 4.63. The van der Waals surface area contributed by atoms with E-state index in [2.05, 4.69) is 40.1 Å². The summed E-state index contributed by atoms with van der Waals surface area (Å²) in [5, 5.41) is 0. The number of nitrogens with one attached hydrogen (secondary N) is 1. The molecule has 0 aliphatic rings. The van der Waals surface area contributed by atoms with Gasteiger partial charge in [-0.25, -0.2) is 0 Å². The van der Waals surface area contributed by atoms with Gasteiger partial charge in [0.1, 0.15) is 0 Å². The molecule has 0 saturated heterocycles. The summed E-state index contributed by atoms with van der Waals surface area (Å²) in [5.74, 6) is 1.24. The van der Waals surface area contributed by atoms with Gasteiger partial charge < -0.3 is 4.84 Å². The average Bonchev–Trinajstić information content (AvgIpc) is 1.96. The van der Waals surface area contributed by atoms with Crippen LogP contribution in [0, 0.1) is 11.8 Å². The molecule has 0 fully saturated rings. The van der Waals surface area contributed by atoms with Gasteiger partial charge in [-0.1, -0.05) is 34.6 Å². The van der Waals surface area contributed by atoms with E-state index in [0.717, 1.165) is 13.0 Å². The Labute approximate surface area is 76.6 Å². The first-order valence-electron chi connectivity index (χ1n) is 4.95. The van der Waals surface area contributed by atoms with Gasteiger partial charge in [-0.2, -0.15) is 5.48 Å². The third-order valence-electron chi connectivity index (χ3n) is 1.90. The van der Waals surface area contributed by atoms with Crippen LogP contribution in [0.15, 0.2) is 0 Å². The van der Waals surface area contributed by atoms with Crippen LogP contribution in [-0.2, 0) is 4.84 Å². The summed E-state index contributed by atoms with van der Waals surface area (Å²) in [6, 6.07) is 0.490. The summed E-state index contributed by atoms with van der Waals surface area (Å²) in [4.78, 5) is 5.36. The minimum absolute atomic E-state index is 0.490. The molecule has 1 atom stereocenters. The van der Waals surface area contributed by atoms with Crippen molar-refractivity contribution in [2.45, 2.75) is 47.1 Å². The predicted molar refractivity (Wildman–Crippen MR) is 52.8 cm³/mol. The van der Waals surface area contributed by atoms with E-state index in [1.807, 2.05) is 0 Å². The van der Waals surface area contributed by atoms with Crippen LogP contribution in [0.3, 0.4) is 0 Å². The molecular formula is C10H23NO. The summed E-state index contributed by atoms with van der Waals surface area (Å²) in [6.45, 7) is 11.7. The highest BCUT2D eigenvalue weighted by Crippen LogP contribution is 2.05. The van der Waals surface area contributed by atoms with E-state index in [9.17, 15) is 0 Å². The van der Waals surface area contributed by atoms with E-state index < -0.39 is 0 Å². The first-order valence-corrected chi connectivity index (χ1v) is 4.95. The molecule has 1 N–H and O–H groups in total. The van der Waals surface area contributed by atoms with Gasteiger partial charge in [0.15, 0.2) is 0 Å². The second-order valence-electron chi connectivity index (χ2n) is 4.08. The zero-order valence-corrected chi connectivity index (χ0v) is 9.05. The first-order chi connectivity index (χ1) is 5.57. The van der Waals surface area contributed by atoms with Crippen LogP contribution in [-0.4, -0.2) is 12.6 Å². The Kier molecular flexibility index (Phi) is 6.39. The van der Waals surface area contributed by atoms with Gasteiger partial charge in [-0.15, -0.1) is 0 Å². The van der Waals surface area contributed by atoms with Gasteiger partial charge in [0.2, 0.25) is 0 Å². The molecular weight excluding hydrogens is 150 g/mol. The molecule has 2 heteroatoms. The average molecular weight is 173 g/mol. The molecule has 0 spiro atoms. The molecule has 0 aromatic carbocycles. The van der Waals surface area contributed by atoms with Gasteiger partial charge in [0.05, 0.1) is 6.61 Å². The van der Waals surface area contributed by atoms with Crippen LogP contribution in [0.4, 0.5) is 0 Å². The maximum atomic E-state index is 5.36. The second kappa shape index (κ2) is 6.44. The largest absolute Gasteiger partial charge is 0.301 e. The molecule has 0 aromatic rings. The van der Waals surface area contributed by atoms with Crippen LogP contribution in [0.1, 0.15) is 41.0 Å². The minimum Gasteiger partial charge on any atom is -0.301 e. The molecule has 0 radical (unpaired) electrons. The van der Waals surface area contributed by atoms with Gasteiger partial charge in [-0.05, 0) is 18.3 Å². The van der Waals surface area contributed by atoms with Crippen molar-refractivity contribution >= 4 is 0 Å². The van der Waals surface area contributed by atoms with E-state index in [-0.39, 0.29) is 0 Å². The predicted octanol–water partition coefficient (Wildman–Crippen LogP) is 2.60. The molecule has 12 heavy (non-hydrogen) atoms. The van der Waals surface area contributed by atoms with Crippen molar-refractivity contribution in [2.75, 3.05) is 6.61 Å². The van der Waals surface area contributed by atoms with Gasteiger partial charge in [0.25, 0.3) is 0 Å². The van der Waals surface area contributed by atoms with E-state index in [0.29, 0.717) is 17.9 Å². The lowest BCUT2D eigenvalue weighted by Gasteiger charge is -2.20. The van der Waals surface area contributed by atoms with E-state index in [1.54, 1.807) is 0 Å². The molecule has 0 saturated carbocycles. The standard InChI is InChI=1S/C10H23NO/c1-6-10(9(4)5)11-12-7-8(2)3/h8-11H,6-7H2,1-5H3. The lowest BCUT2D eigenvalue weighted by atomic mass is 10.0. The third-order valence-corrected chi connectivity index (χ3v) is 1.90. The summed E-state index contributed by atoms with van der Waals surface area (Å²) >= 11 is 0. The Morgan fingerprint density at radius 2 is 1.75 bits per heavy atom. The van der Waals surface area contributed by atoms with Crippen LogP contribution in [0.2, 0.25) is 0 Å². The maximum Gasteiger partial charge on any atom is 0.0705 e. The molecule has 2 nitrogen and oxygen atoms in total. The van der Waals surface area contributed by atoms with Crippen LogP contribution >= 0.6 is 0 Å². The topological polar surface area (TPSA) is 21.3 Å². The fourth-order valence-corrected chi connectivity index (χ4v) is 1.01. The van der Waals surface area contributed by atoms with Crippen molar-refractivity contribution in [2.24, 2.45) is 11.8 Å². The van der Waals surface area contributed by atoms with Crippen molar-refractivity contribution < 1.29 is 4.84 Å². The van der Waals surface area contributed by atoms with Crippen LogP contribution in [0.25, 0.3) is 0 Å². The van der Waals surface area contributed by atoms with E-state index in [1.165, 1.54) is 0 Å². The van der Waals surface area contributed by atoms with Crippen molar-refractivity contribution in [3.05, 3.63) is 0 Å². The number of rotatable bonds is 6. The highest BCUT2D eigenvalue weighted by atomic mass is 16.6. The molecule has 1 unspecified atom stereocenters. The minimum atomic E-state index is 0.490. The molecule has 0 aromatic heterocycles. The Bertz CT molecular complexity index is 102. The number of hydroxylamine groups is 1. The summed E-state index contributed by atoms with van der Waals surface area (Å²) in [6.07, 6.45) is 1.12. The second-order valence-corrected chi connectivity index (χ2v) is 4.08. The number of hydrogen-bond acceptors (Lipinski definition) is 2. The molecule has 0 heterocycles. The Morgan fingerprint density at radius 1 is 1.17 bits per heavy atom. The Morgan fingerprint density at radius 3 is 2.08 bits per heavy atom. The van der Waals surface area contributed by atoms with Crippen LogP contribution < -0.4 is 5.48 Å². The summed E-state index contributed by atoms with van der Waals surface area (Å²) in [5.41, 5.74) is 3.10. The SMILES string of the molecule is CCC(NOCC(C)C)C(C)C. The normalized spacial score (nSPS) is 14.2. The van der Waals surface area contributed by atoms with Gasteiger partial charge in [-0.3, -0.25) is 0 Å². The summed E-state index contributed by atoms with van der Waals surface area (Å²) in [7, 11) is 0. The van der Waals surface area contributed by atoms with Crippen LogP contribution in [0.5, 0.6) is 0 Å². The van der Waals surface area contributed by atoms with Crippen molar-refractivity contribution in [3.8, 4) is 0 Å². The molecule has 0 rings (SSSR count). The monoisotopic (exact) mass is 173 g/mol. The molecule has 0 bridgehead atoms. The van der Waals surface area contributed by atoms with E-state index >= 15 is 0 Å². The fourth-order valence-electron chi connectivity index (χ4n) is 1.01. The zero-order valence-electron chi connectivity index (χ0n) is 9.05. The molecule has 0 aliphatic carbocycles. The third kappa shape index (κ3) is 5.56. The maximum absolute atomic E-state index is 5.36. The Balaban J connectivity index is 3.45. The smallest absolute Gasteiger partial charge is 0.0705 e. The lowest BCUT2D eigenvalue weighted by molar-refractivity contribution is -0.00991. The fraction of sp³-hybridized carbons (Fsp3) is 1.00. The number of hydrogen-bond donors (Lipinski definition) is 1. The van der Waals surface area contributed by atoms with Crippen molar-refractivity contribution in [1.82, 2.24) is 5.48 Å². The Hall–Kier alpha value is -0.0800. The first kappa shape index (κ1) is 11.9. The van der Waals surface area contributed by atoms with Gasteiger partial charge in [0, 0.05) is 6.04 Å². The molecule has 0 aliphatic heterocycles. The lowest BCUT2D eigenvalue weighted by Crippen LogP contribution is -2.34. The quantitative estimate of drug-likeness (QED) is 0.623. The van der Waals surface area contributed by atoms with Crippen molar-refractivity contribution in [1.29, 1.82) is 0 Å². The summed E-state index contributed by atoms with van der Waals surface area (Å²) < 4.78 is 0. The molecule has 0 amide bonds. The zero-order chi connectivity index (χ0) is 9.56. The molecule has 74 valence electrons. The van der Waals surface area contributed by atoms with Crippen molar-refractivity contribution in [3.63, 3.8) is 0 Å².